The molecule has 344 valence electrons. The molecule has 0 saturated carbocycles. The summed E-state index contributed by atoms with van der Waals surface area (Å²) in [5.74, 6) is 1.97. The Balaban J connectivity index is 0.976. The molecular weight excluding hydrogens is 975 g/mol. The zero-order chi connectivity index (χ0) is 48.0. The monoisotopic (exact) mass is 1020 g/mol. The summed E-state index contributed by atoms with van der Waals surface area (Å²) in [4.78, 5) is 2.54. The predicted molar refractivity (Wildman–Crippen MR) is 323 cm³/mol. The molecule has 0 radical (unpaired) electrons. The van der Waals surface area contributed by atoms with Crippen molar-refractivity contribution in [3.8, 4) is 11.5 Å². The van der Waals surface area contributed by atoms with Gasteiger partial charge in [-0.1, -0.05) is 60.7 Å². The molecule has 16 rings (SSSR count). The van der Waals surface area contributed by atoms with Crippen LogP contribution in [-0.2, 0) is 0 Å². The first-order valence-corrected chi connectivity index (χ1v) is 29.6. The average Bonchev–Trinajstić information content (AvgIpc) is 3.97. The molecule has 8 aromatic carbocycles. The highest BCUT2D eigenvalue weighted by molar-refractivity contribution is 8.01. The molecule has 6 aliphatic rings. The van der Waals surface area contributed by atoms with Gasteiger partial charge in [-0.2, -0.15) is 0 Å². The van der Waals surface area contributed by atoms with Gasteiger partial charge in [-0.25, -0.2) is 0 Å². The van der Waals surface area contributed by atoms with Crippen molar-refractivity contribution in [1.82, 2.24) is 0 Å². The van der Waals surface area contributed by atoms with Gasteiger partial charge in [-0.15, -0.1) is 22.7 Å². The van der Waals surface area contributed by atoms with E-state index >= 15 is 0 Å². The molecule has 0 spiro atoms. The first-order chi connectivity index (χ1) is 35.3. The number of rotatable bonds is 4. The molecule has 0 saturated heterocycles. The van der Waals surface area contributed by atoms with E-state index in [2.05, 4.69) is 202 Å². The summed E-state index contributed by atoms with van der Waals surface area (Å²) in [6.45, 7) is 6.71. The predicted octanol–water partition coefficient (Wildman–Crippen LogP) is 10.7. The Morgan fingerprint density at radius 2 is 1.00 bits per heavy atom. The van der Waals surface area contributed by atoms with E-state index in [1.165, 1.54) is 147 Å². The van der Waals surface area contributed by atoms with Crippen LogP contribution in [0.25, 0.3) is 20.2 Å². The molecule has 0 amide bonds. The van der Waals surface area contributed by atoms with Crippen LogP contribution in [0.1, 0.15) is 16.7 Å². The third-order valence-electron chi connectivity index (χ3n) is 15.8. The molecule has 0 atom stereocenters. The number of nitrogens with one attached hydrogen (secondary N) is 1. The van der Waals surface area contributed by atoms with Gasteiger partial charge in [0.2, 0.25) is 0 Å². The van der Waals surface area contributed by atoms with Crippen molar-refractivity contribution in [1.29, 1.82) is 0 Å². The minimum atomic E-state index is -0.0310. The Kier molecular flexibility index (Phi) is 8.89. The standard InChI is InChI=1S/C58H42B3N5OS5/c1-30-20-41-52-45(21-30)63(33-14-8-7-9-15-33)55-34-16-10-12-18-50(34)71-57(55)60(52)36-26-37-42(28-40(36)62-41)64(68-4)46-22-31(2)23-47-53(46)59(37)38-27-39-44(29-43(38)65(47)69-5)66(70-6)48-24-32(3)25-49-54(48)61(39)58-56(67-49)35-17-11-13-19-51(35)72-58/h7-29,62H,1-6H3. The Labute approximate surface area is 441 Å². The number of aryl methyl sites for hydroxylation is 3. The lowest BCUT2D eigenvalue weighted by molar-refractivity contribution is 0.494. The third kappa shape index (κ3) is 5.49. The van der Waals surface area contributed by atoms with Gasteiger partial charge in [0.15, 0.2) is 0 Å². The molecule has 1 N–H and O–H groups in total. The van der Waals surface area contributed by atoms with E-state index in [-0.39, 0.29) is 20.1 Å². The van der Waals surface area contributed by atoms with Crippen LogP contribution in [0.5, 0.6) is 11.5 Å². The van der Waals surface area contributed by atoms with Gasteiger partial charge < -0.3 is 15.0 Å². The number of nitrogens with zero attached hydrogens (tertiary/aromatic N) is 4. The summed E-state index contributed by atoms with van der Waals surface area (Å²) >= 11 is 9.24. The van der Waals surface area contributed by atoms with Crippen molar-refractivity contribution >= 4 is 209 Å². The summed E-state index contributed by atoms with van der Waals surface area (Å²) in [5.41, 5.74) is 26.6. The lowest BCUT2D eigenvalue weighted by atomic mass is 9.30. The second kappa shape index (κ2) is 15.1. The molecule has 0 unspecified atom stereocenters. The molecular formula is C58H42B3N5OS5. The van der Waals surface area contributed by atoms with Crippen LogP contribution in [0.3, 0.4) is 0 Å². The number of thiophene rings is 2. The summed E-state index contributed by atoms with van der Waals surface area (Å²) in [6, 6.07) is 53.3. The number of ether oxygens (including phenoxy) is 1. The number of benzene rings is 8. The van der Waals surface area contributed by atoms with Crippen molar-refractivity contribution < 1.29 is 4.74 Å². The topological polar surface area (TPSA) is 34.2 Å². The molecule has 2 aromatic heterocycles. The fourth-order valence-electron chi connectivity index (χ4n) is 13.2. The van der Waals surface area contributed by atoms with E-state index in [1.807, 2.05) is 34.6 Å². The maximum atomic E-state index is 7.05. The Bertz CT molecular complexity index is 4080. The van der Waals surface area contributed by atoms with E-state index in [0.717, 1.165) is 11.5 Å². The first kappa shape index (κ1) is 42.3. The van der Waals surface area contributed by atoms with E-state index in [4.69, 9.17) is 4.74 Å². The SMILES string of the molecule is CSN1c2cc3c(cc2B2c4sc5ccccc5c4Oc4cc(C)cc1c42)B1c2cc4c(cc2N(SC)c2cc(C)cc(c21)N3SC)Nc1cc(C)cc2c1B4c1sc3ccccc3c1N2c1ccccc1. The number of fused-ring (bicyclic) bond motifs is 16. The molecule has 72 heavy (non-hydrogen) atoms. The molecule has 0 bridgehead atoms. The second-order valence-corrected chi connectivity index (χ2v) is 24.2. The molecule has 14 heteroatoms. The van der Waals surface area contributed by atoms with Crippen LogP contribution in [-0.4, -0.2) is 38.9 Å². The van der Waals surface area contributed by atoms with Crippen LogP contribution < -0.4 is 75.7 Å². The van der Waals surface area contributed by atoms with E-state index in [9.17, 15) is 0 Å². The van der Waals surface area contributed by atoms with Crippen molar-refractivity contribution in [2.75, 3.05) is 41.9 Å². The number of hydrogen-bond acceptors (Lipinski definition) is 11. The van der Waals surface area contributed by atoms with Crippen LogP contribution in [0.15, 0.2) is 140 Å². The first-order valence-electron chi connectivity index (χ1n) is 24.4. The molecule has 0 aliphatic carbocycles. The highest BCUT2D eigenvalue weighted by atomic mass is 32.2. The van der Waals surface area contributed by atoms with Crippen molar-refractivity contribution in [2.24, 2.45) is 0 Å². The van der Waals surface area contributed by atoms with Crippen LogP contribution in [0.2, 0.25) is 0 Å². The lowest BCUT2D eigenvalue weighted by Crippen LogP contribution is -2.65. The maximum Gasteiger partial charge on any atom is 0.268 e. The van der Waals surface area contributed by atoms with Gasteiger partial charge in [0, 0.05) is 88.3 Å². The van der Waals surface area contributed by atoms with Crippen molar-refractivity contribution in [3.63, 3.8) is 0 Å². The zero-order valence-electron chi connectivity index (χ0n) is 40.2. The second-order valence-electron chi connectivity index (χ2n) is 19.9. The van der Waals surface area contributed by atoms with Crippen molar-refractivity contribution in [2.45, 2.75) is 20.8 Å². The number of anilines is 11. The highest BCUT2D eigenvalue weighted by Gasteiger charge is 2.50. The summed E-state index contributed by atoms with van der Waals surface area (Å²) < 4.78 is 19.8. The van der Waals surface area contributed by atoms with Gasteiger partial charge >= 0.3 is 0 Å². The molecule has 6 aliphatic heterocycles. The minimum Gasteiger partial charge on any atom is -0.457 e. The van der Waals surface area contributed by atoms with Gasteiger partial charge in [0.05, 0.1) is 22.7 Å². The molecule has 8 heterocycles. The summed E-state index contributed by atoms with van der Waals surface area (Å²) in [6.07, 6.45) is 6.69. The van der Waals surface area contributed by atoms with Crippen LogP contribution in [0, 0.1) is 20.8 Å². The summed E-state index contributed by atoms with van der Waals surface area (Å²) in [5, 5.41) is 6.59. The van der Waals surface area contributed by atoms with Gasteiger partial charge in [-0.05, 0) is 190 Å². The summed E-state index contributed by atoms with van der Waals surface area (Å²) in [7, 11) is 0. The Morgan fingerprint density at radius 1 is 0.458 bits per heavy atom. The van der Waals surface area contributed by atoms with E-state index in [0.29, 0.717) is 0 Å². The Morgan fingerprint density at radius 3 is 1.71 bits per heavy atom. The third-order valence-corrected chi connectivity index (χ3v) is 20.6. The fourth-order valence-corrected chi connectivity index (χ4v) is 17.9. The average molecular weight is 1020 g/mol. The minimum absolute atomic E-state index is 0.0140. The van der Waals surface area contributed by atoms with E-state index < -0.39 is 0 Å². The van der Waals surface area contributed by atoms with Crippen LogP contribution in [0.4, 0.5) is 62.6 Å². The lowest BCUT2D eigenvalue weighted by Gasteiger charge is -2.45. The van der Waals surface area contributed by atoms with E-state index in [1.54, 1.807) is 23.9 Å². The maximum absolute atomic E-state index is 7.05. The molecule has 0 fully saturated rings. The number of para-hydroxylation sites is 1. The zero-order valence-corrected chi connectivity index (χ0v) is 44.3. The normalized spacial score (nSPS) is 14.7. The largest absolute Gasteiger partial charge is 0.457 e. The molecule has 10 aromatic rings. The van der Waals surface area contributed by atoms with Crippen LogP contribution >= 0.6 is 58.5 Å². The van der Waals surface area contributed by atoms with Gasteiger partial charge in [0.1, 0.15) is 11.5 Å². The van der Waals surface area contributed by atoms with Gasteiger partial charge in [0.25, 0.3) is 20.1 Å². The smallest absolute Gasteiger partial charge is 0.268 e. The quantitative estimate of drug-likeness (QED) is 0.137. The highest BCUT2D eigenvalue weighted by Crippen LogP contribution is 2.50. The Hall–Kier alpha value is -6.28. The number of hydrogen-bond donors (Lipinski definition) is 1. The fraction of sp³-hybridized carbons (Fsp3) is 0.103. The van der Waals surface area contributed by atoms with Gasteiger partial charge in [-0.3, -0.25) is 12.9 Å². The molecule has 6 nitrogen and oxygen atoms in total. The van der Waals surface area contributed by atoms with Crippen molar-refractivity contribution in [3.05, 3.63) is 156 Å².